The first-order chi connectivity index (χ1) is 9.65. The van der Waals surface area contributed by atoms with Crippen LogP contribution in [0.25, 0.3) is 0 Å². The molecule has 2 rings (SSSR count). The molecule has 0 radical (unpaired) electrons. The zero-order chi connectivity index (χ0) is 14.4. The first kappa shape index (κ1) is 14.8. The van der Waals surface area contributed by atoms with Crippen LogP contribution in [0.4, 0.5) is 0 Å². The molecule has 0 spiro atoms. The van der Waals surface area contributed by atoms with Crippen LogP contribution in [-0.4, -0.2) is 36.7 Å². The molecule has 1 saturated heterocycles. The number of nitriles is 1. The lowest BCUT2D eigenvalue weighted by Crippen LogP contribution is -2.50. The molecule has 1 N–H and O–H groups in total. The number of nitrogens with one attached hydrogen (secondary N) is 1. The molecule has 110 valence electrons. The molecule has 2 fully saturated rings. The maximum absolute atomic E-state index is 11.8. The van der Waals surface area contributed by atoms with Gasteiger partial charge in [-0.1, -0.05) is 19.3 Å². The van der Waals surface area contributed by atoms with Gasteiger partial charge in [0, 0.05) is 6.61 Å². The molecule has 1 atom stereocenters. The Labute approximate surface area is 118 Å². The van der Waals surface area contributed by atoms with E-state index in [-0.39, 0.29) is 6.61 Å². The van der Waals surface area contributed by atoms with Crippen molar-refractivity contribution >= 4 is 11.9 Å². The summed E-state index contributed by atoms with van der Waals surface area (Å²) in [5.74, 6) is -0.910. The fraction of sp³-hybridized carbons (Fsp3) is 0.786. The molecule has 6 nitrogen and oxygen atoms in total. The third-order valence-electron chi connectivity index (χ3n) is 3.84. The summed E-state index contributed by atoms with van der Waals surface area (Å²) in [7, 11) is 0. The zero-order valence-corrected chi connectivity index (χ0v) is 11.5. The van der Waals surface area contributed by atoms with Crippen LogP contribution in [0.5, 0.6) is 0 Å². The van der Waals surface area contributed by atoms with Crippen LogP contribution in [0.1, 0.15) is 44.9 Å². The lowest BCUT2D eigenvalue weighted by atomic mass is 9.83. The van der Waals surface area contributed by atoms with Crippen molar-refractivity contribution < 1.29 is 19.1 Å². The highest BCUT2D eigenvalue weighted by atomic mass is 16.6. The van der Waals surface area contributed by atoms with Crippen molar-refractivity contribution in [2.24, 2.45) is 0 Å². The number of nitrogens with zero attached hydrogens (tertiary/aromatic N) is 1. The predicted molar refractivity (Wildman–Crippen MR) is 69.5 cm³/mol. The Kier molecular flexibility index (Phi) is 4.96. The standard InChI is InChI=1S/C14H20N2O4/c15-10-14(6-2-1-3-7-14)16-12(17)9-20-13(18)11-5-4-8-19-11/h11H,1-9H2,(H,16,17)/t11-/m0/s1. The third-order valence-corrected chi connectivity index (χ3v) is 3.84. The molecule has 1 heterocycles. The molecule has 0 aromatic heterocycles. The van der Waals surface area contributed by atoms with E-state index < -0.39 is 23.5 Å². The summed E-state index contributed by atoms with van der Waals surface area (Å²) >= 11 is 0. The molecule has 6 heteroatoms. The monoisotopic (exact) mass is 280 g/mol. The molecule has 1 aliphatic carbocycles. The van der Waals surface area contributed by atoms with Gasteiger partial charge in [0.1, 0.15) is 5.54 Å². The van der Waals surface area contributed by atoms with E-state index in [1.165, 1.54) is 0 Å². The van der Waals surface area contributed by atoms with Crippen LogP contribution in [0, 0.1) is 11.3 Å². The number of carbonyl (C=O) groups excluding carboxylic acids is 2. The van der Waals surface area contributed by atoms with Crippen LogP contribution >= 0.6 is 0 Å². The van der Waals surface area contributed by atoms with Crippen LogP contribution in [0.3, 0.4) is 0 Å². The molecule has 0 unspecified atom stereocenters. The Bertz CT molecular complexity index is 404. The van der Waals surface area contributed by atoms with E-state index in [0.29, 0.717) is 25.9 Å². The van der Waals surface area contributed by atoms with Gasteiger partial charge >= 0.3 is 5.97 Å². The summed E-state index contributed by atoms with van der Waals surface area (Å²) in [4.78, 5) is 23.4. The van der Waals surface area contributed by atoms with Crippen molar-refractivity contribution in [1.82, 2.24) is 5.32 Å². The van der Waals surface area contributed by atoms with E-state index >= 15 is 0 Å². The number of ether oxygens (including phenoxy) is 2. The summed E-state index contributed by atoms with van der Waals surface area (Å²) in [6, 6.07) is 2.19. The van der Waals surface area contributed by atoms with Crippen molar-refractivity contribution in [2.45, 2.75) is 56.6 Å². The molecule has 0 aromatic rings. The first-order valence-corrected chi connectivity index (χ1v) is 7.16. The van der Waals surface area contributed by atoms with Crippen LogP contribution in [0.15, 0.2) is 0 Å². The summed E-state index contributed by atoms with van der Waals surface area (Å²) in [5.41, 5.74) is -0.786. The van der Waals surface area contributed by atoms with Crippen LogP contribution < -0.4 is 5.32 Å². The highest BCUT2D eigenvalue weighted by molar-refractivity contribution is 5.82. The molecule has 2 aliphatic rings. The topological polar surface area (TPSA) is 88.4 Å². The van der Waals surface area contributed by atoms with E-state index in [0.717, 1.165) is 25.7 Å². The summed E-state index contributed by atoms with van der Waals surface area (Å²) < 4.78 is 10.1. The lowest BCUT2D eigenvalue weighted by molar-refractivity contribution is -0.157. The van der Waals surface area contributed by atoms with Gasteiger partial charge in [0.15, 0.2) is 12.7 Å². The van der Waals surface area contributed by atoms with Crippen LogP contribution in [0.2, 0.25) is 0 Å². The van der Waals surface area contributed by atoms with Gasteiger partial charge in [-0.05, 0) is 25.7 Å². The fourth-order valence-corrected chi connectivity index (χ4v) is 2.72. The van der Waals surface area contributed by atoms with Gasteiger partial charge in [0.05, 0.1) is 6.07 Å². The maximum atomic E-state index is 11.8. The van der Waals surface area contributed by atoms with Gasteiger partial charge in [0.25, 0.3) is 5.91 Å². The molecular formula is C14H20N2O4. The Morgan fingerprint density at radius 2 is 2.05 bits per heavy atom. The van der Waals surface area contributed by atoms with E-state index in [4.69, 9.17) is 9.47 Å². The summed E-state index contributed by atoms with van der Waals surface area (Å²) in [6.07, 6.45) is 5.22. The third kappa shape index (κ3) is 3.70. The zero-order valence-electron chi connectivity index (χ0n) is 11.5. The number of amides is 1. The smallest absolute Gasteiger partial charge is 0.335 e. The quantitative estimate of drug-likeness (QED) is 0.778. The first-order valence-electron chi connectivity index (χ1n) is 7.16. The fourth-order valence-electron chi connectivity index (χ4n) is 2.72. The SMILES string of the molecule is N#CC1(NC(=O)COC(=O)[C@@H]2CCCO2)CCCCC1. The van der Waals surface area contributed by atoms with Crippen molar-refractivity contribution in [2.75, 3.05) is 13.2 Å². The maximum Gasteiger partial charge on any atom is 0.335 e. The molecular weight excluding hydrogens is 260 g/mol. The highest BCUT2D eigenvalue weighted by Crippen LogP contribution is 2.27. The average Bonchev–Trinajstić information content (AvgIpc) is 3.00. The Morgan fingerprint density at radius 3 is 2.65 bits per heavy atom. The van der Waals surface area contributed by atoms with Crippen molar-refractivity contribution in [3.05, 3.63) is 0 Å². The number of rotatable bonds is 4. The second-order valence-corrected chi connectivity index (χ2v) is 5.41. The highest BCUT2D eigenvalue weighted by Gasteiger charge is 2.34. The van der Waals surface area contributed by atoms with E-state index in [9.17, 15) is 14.9 Å². The Morgan fingerprint density at radius 1 is 1.30 bits per heavy atom. The number of carbonyl (C=O) groups is 2. The van der Waals surface area contributed by atoms with Gasteiger partial charge in [-0.2, -0.15) is 5.26 Å². The lowest BCUT2D eigenvalue weighted by Gasteiger charge is -2.31. The number of hydrogen-bond donors (Lipinski definition) is 1. The number of hydrogen-bond acceptors (Lipinski definition) is 5. The number of esters is 1. The largest absolute Gasteiger partial charge is 0.454 e. The minimum Gasteiger partial charge on any atom is -0.454 e. The summed E-state index contributed by atoms with van der Waals surface area (Å²) in [6.45, 7) is 0.214. The van der Waals surface area contributed by atoms with Gasteiger partial charge in [-0.3, -0.25) is 4.79 Å². The second kappa shape index (κ2) is 6.71. The minimum atomic E-state index is -0.786. The summed E-state index contributed by atoms with van der Waals surface area (Å²) in [5, 5.41) is 12.0. The normalized spacial score (nSPS) is 24.6. The van der Waals surface area contributed by atoms with Gasteiger partial charge in [-0.15, -0.1) is 0 Å². The Balaban J connectivity index is 1.77. The van der Waals surface area contributed by atoms with Gasteiger partial charge < -0.3 is 14.8 Å². The van der Waals surface area contributed by atoms with E-state index in [2.05, 4.69) is 11.4 Å². The van der Waals surface area contributed by atoms with E-state index in [1.54, 1.807) is 0 Å². The van der Waals surface area contributed by atoms with Crippen LogP contribution in [-0.2, 0) is 19.1 Å². The van der Waals surface area contributed by atoms with Crippen molar-refractivity contribution in [3.63, 3.8) is 0 Å². The molecule has 1 aliphatic heterocycles. The van der Waals surface area contributed by atoms with E-state index in [1.807, 2.05) is 0 Å². The van der Waals surface area contributed by atoms with Gasteiger partial charge in [-0.25, -0.2) is 4.79 Å². The van der Waals surface area contributed by atoms with Crippen molar-refractivity contribution in [3.8, 4) is 6.07 Å². The minimum absolute atomic E-state index is 0.345. The molecule has 0 bridgehead atoms. The molecule has 1 saturated carbocycles. The Hall–Kier alpha value is -1.61. The molecule has 0 aromatic carbocycles. The van der Waals surface area contributed by atoms with Gasteiger partial charge in [0.2, 0.25) is 0 Å². The van der Waals surface area contributed by atoms with Crippen molar-refractivity contribution in [1.29, 1.82) is 5.26 Å². The molecule has 1 amide bonds. The molecule has 20 heavy (non-hydrogen) atoms. The second-order valence-electron chi connectivity index (χ2n) is 5.41. The predicted octanol–water partition coefficient (Wildman–Crippen LogP) is 1.05. The average molecular weight is 280 g/mol.